The van der Waals surface area contributed by atoms with Gasteiger partial charge in [-0.25, -0.2) is 0 Å². The quantitative estimate of drug-likeness (QED) is 0.549. The van der Waals surface area contributed by atoms with Gasteiger partial charge in [0, 0.05) is 30.9 Å². The van der Waals surface area contributed by atoms with Gasteiger partial charge in [-0.1, -0.05) is 50.2 Å². The van der Waals surface area contributed by atoms with Crippen molar-refractivity contribution >= 4 is 11.7 Å². The largest absolute Gasteiger partial charge is 0.353 e. The molecule has 0 radical (unpaired) electrons. The Kier molecular flexibility index (Phi) is 7.29. The number of hydrogen-bond donors (Lipinski definition) is 1. The Morgan fingerprint density at radius 2 is 1.69 bits per heavy atom. The number of ketones is 1. The van der Waals surface area contributed by atoms with E-state index in [-0.39, 0.29) is 5.56 Å². The SMILES string of the molecule is CCN(CC)CCNC(=O)[C@@H](C(=O)c1ccccc1)n1ccccc1=O. The van der Waals surface area contributed by atoms with Gasteiger partial charge in [-0.3, -0.25) is 19.0 Å². The van der Waals surface area contributed by atoms with Gasteiger partial charge in [0.1, 0.15) is 0 Å². The van der Waals surface area contributed by atoms with Crippen molar-refractivity contribution in [3.63, 3.8) is 0 Å². The summed E-state index contributed by atoms with van der Waals surface area (Å²) in [5.41, 5.74) is 0.00724. The second kappa shape index (κ2) is 9.68. The first-order chi connectivity index (χ1) is 12.6. The number of aromatic nitrogens is 1. The zero-order chi connectivity index (χ0) is 18.9. The van der Waals surface area contributed by atoms with E-state index in [4.69, 9.17) is 0 Å². The maximum absolute atomic E-state index is 12.9. The maximum Gasteiger partial charge on any atom is 0.251 e. The van der Waals surface area contributed by atoms with Gasteiger partial charge in [-0.05, 0) is 19.2 Å². The molecular formula is C20H25N3O3. The third kappa shape index (κ3) is 4.89. The van der Waals surface area contributed by atoms with Crippen LogP contribution in [0.15, 0.2) is 59.5 Å². The lowest BCUT2D eigenvalue weighted by Crippen LogP contribution is -2.43. The van der Waals surface area contributed by atoms with Crippen LogP contribution in [0, 0.1) is 0 Å². The van der Waals surface area contributed by atoms with Crippen LogP contribution in [0.4, 0.5) is 0 Å². The second-order valence-electron chi connectivity index (χ2n) is 5.90. The Morgan fingerprint density at radius 1 is 1.04 bits per heavy atom. The minimum Gasteiger partial charge on any atom is -0.353 e. The van der Waals surface area contributed by atoms with Crippen molar-refractivity contribution in [1.29, 1.82) is 0 Å². The van der Waals surface area contributed by atoms with Crippen molar-refractivity contribution in [1.82, 2.24) is 14.8 Å². The molecule has 0 fully saturated rings. The summed E-state index contributed by atoms with van der Waals surface area (Å²) in [6.07, 6.45) is 1.47. The van der Waals surface area contributed by atoms with Crippen molar-refractivity contribution < 1.29 is 9.59 Å². The van der Waals surface area contributed by atoms with E-state index in [1.54, 1.807) is 42.5 Å². The molecule has 1 aromatic heterocycles. The second-order valence-corrected chi connectivity index (χ2v) is 5.90. The van der Waals surface area contributed by atoms with Gasteiger partial charge in [0.05, 0.1) is 0 Å². The fourth-order valence-electron chi connectivity index (χ4n) is 2.76. The number of pyridine rings is 1. The zero-order valence-electron chi connectivity index (χ0n) is 15.2. The number of Topliss-reactive ketones (excluding diaryl/α,β-unsaturated/α-hetero) is 1. The number of likely N-dealkylation sites (N-methyl/N-ethyl adjacent to an activating group) is 1. The Hall–Kier alpha value is -2.73. The molecule has 0 aliphatic heterocycles. The minimum atomic E-state index is -1.22. The first-order valence-corrected chi connectivity index (χ1v) is 8.85. The van der Waals surface area contributed by atoms with Crippen LogP contribution in [0.5, 0.6) is 0 Å². The molecule has 0 saturated heterocycles. The molecule has 1 amide bonds. The topological polar surface area (TPSA) is 71.4 Å². The number of hydrogen-bond acceptors (Lipinski definition) is 4. The molecule has 1 atom stereocenters. The predicted molar refractivity (Wildman–Crippen MR) is 101 cm³/mol. The fourth-order valence-corrected chi connectivity index (χ4v) is 2.76. The number of nitrogens with one attached hydrogen (secondary N) is 1. The van der Waals surface area contributed by atoms with Crippen molar-refractivity contribution in [2.24, 2.45) is 0 Å². The van der Waals surface area contributed by atoms with Gasteiger partial charge in [0.25, 0.3) is 11.5 Å². The molecule has 1 heterocycles. The third-order valence-electron chi connectivity index (χ3n) is 4.31. The Morgan fingerprint density at radius 3 is 2.31 bits per heavy atom. The summed E-state index contributed by atoms with van der Waals surface area (Å²) in [5, 5.41) is 2.80. The van der Waals surface area contributed by atoms with E-state index in [2.05, 4.69) is 24.1 Å². The van der Waals surface area contributed by atoms with E-state index in [1.807, 2.05) is 0 Å². The van der Waals surface area contributed by atoms with Gasteiger partial charge < -0.3 is 10.2 Å². The standard InChI is InChI=1S/C20H25N3O3/c1-3-22(4-2)15-13-21-20(26)18(23-14-9-8-12-17(23)24)19(25)16-10-6-5-7-11-16/h5-12,14,18H,3-4,13,15H2,1-2H3,(H,21,26)/t18-/m1/s1. The van der Waals surface area contributed by atoms with Gasteiger partial charge in [-0.15, -0.1) is 0 Å². The van der Waals surface area contributed by atoms with Gasteiger partial charge in [0.15, 0.2) is 11.8 Å². The van der Waals surface area contributed by atoms with Crippen LogP contribution in [0.2, 0.25) is 0 Å². The van der Waals surface area contributed by atoms with Crippen LogP contribution < -0.4 is 10.9 Å². The normalized spacial score (nSPS) is 12.0. The van der Waals surface area contributed by atoms with Gasteiger partial charge in [-0.2, -0.15) is 0 Å². The zero-order valence-corrected chi connectivity index (χ0v) is 15.2. The molecule has 2 aromatic rings. The van der Waals surface area contributed by atoms with E-state index >= 15 is 0 Å². The minimum absolute atomic E-state index is 0.388. The van der Waals surface area contributed by atoms with Crippen LogP contribution in [-0.4, -0.2) is 47.3 Å². The molecule has 6 nitrogen and oxygen atoms in total. The fraction of sp³-hybridized carbons (Fsp3) is 0.350. The van der Waals surface area contributed by atoms with E-state index < -0.39 is 17.7 Å². The van der Waals surface area contributed by atoms with Gasteiger partial charge in [0.2, 0.25) is 0 Å². The third-order valence-corrected chi connectivity index (χ3v) is 4.31. The lowest BCUT2D eigenvalue weighted by atomic mass is 10.0. The first-order valence-electron chi connectivity index (χ1n) is 8.85. The van der Waals surface area contributed by atoms with Crippen molar-refractivity contribution in [3.8, 4) is 0 Å². The van der Waals surface area contributed by atoms with Gasteiger partial charge >= 0.3 is 0 Å². The summed E-state index contributed by atoms with van der Waals surface area (Å²) < 4.78 is 1.18. The molecule has 138 valence electrons. The molecule has 0 unspecified atom stereocenters. The number of nitrogens with zero attached hydrogens (tertiary/aromatic N) is 2. The highest BCUT2D eigenvalue weighted by molar-refractivity contribution is 6.11. The average molecular weight is 355 g/mol. The van der Waals surface area contributed by atoms with Crippen molar-refractivity contribution in [3.05, 3.63) is 70.6 Å². The molecule has 1 aromatic carbocycles. The monoisotopic (exact) mass is 355 g/mol. The summed E-state index contributed by atoms with van der Waals surface area (Å²) in [6.45, 7) is 6.98. The molecular weight excluding hydrogens is 330 g/mol. The lowest BCUT2D eigenvalue weighted by molar-refractivity contribution is -0.123. The van der Waals surface area contributed by atoms with E-state index in [1.165, 1.54) is 16.8 Å². The molecule has 0 aliphatic carbocycles. The van der Waals surface area contributed by atoms with E-state index in [0.717, 1.165) is 13.1 Å². The molecule has 0 aliphatic rings. The lowest BCUT2D eigenvalue weighted by Gasteiger charge is -2.21. The number of benzene rings is 1. The average Bonchev–Trinajstić information content (AvgIpc) is 2.67. The molecule has 0 saturated carbocycles. The highest BCUT2D eigenvalue weighted by Gasteiger charge is 2.29. The Bertz CT molecular complexity index is 782. The van der Waals surface area contributed by atoms with Crippen LogP contribution in [0.3, 0.4) is 0 Å². The molecule has 2 rings (SSSR count). The van der Waals surface area contributed by atoms with Crippen molar-refractivity contribution in [2.45, 2.75) is 19.9 Å². The summed E-state index contributed by atoms with van der Waals surface area (Å²) in [7, 11) is 0. The summed E-state index contributed by atoms with van der Waals surface area (Å²) >= 11 is 0. The maximum atomic E-state index is 12.9. The highest BCUT2D eigenvalue weighted by atomic mass is 16.2. The van der Waals surface area contributed by atoms with Crippen LogP contribution in [-0.2, 0) is 4.79 Å². The Labute approximate surface area is 153 Å². The number of rotatable bonds is 9. The van der Waals surface area contributed by atoms with Crippen LogP contribution >= 0.6 is 0 Å². The number of amides is 1. The number of carbonyl (C=O) groups is 2. The molecule has 0 bridgehead atoms. The van der Waals surface area contributed by atoms with Crippen LogP contribution in [0.25, 0.3) is 0 Å². The predicted octanol–water partition coefficient (Wildman–Crippen LogP) is 1.73. The smallest absolute Gasteiger partial charge is 0.251 e. The molecule has 26 heavy (non-hydrogen) atoms. The summed E-state index contributed by atoms with van der Waals surface area (Å²) in [4.78, 5) is 40.0. The highest BCUT2D eigenvalue weighted by Crippen LogP contribution is 2.13. The Balaban J connectivity index is 2.24. The molecule has 0 spiro atoms. The van der Waals surface area contributed by atoms with E-state index in [0.29, 0.717) is 18.7 Å². The van der Waals surface area contributed by atoms with Crippen molar-refractivity contribution in [2.75, 3.05) is 26.2 Å². The van der Waals surface area contributed by atoms with E-state index in [9.17, 15) is 14.4 Å². The summed E-state index contributed by atoms with van der Waals surface area (Å²) in [6, 6.07) is 11.9. The molecule has 1 N–H and O–H groups in total. The first kappa shape index (κ1) is 19.6. The van der Waals surface area contributed by atoms with Crippen LogP contribution in [0.1, 0.15) is 30.2 Å². The molecule has 6 heteroatoms. The number of carbonyl (C=O) groups excluding carboxylic acids is 2. The summed E-state index contributed by atoms with van der Waals surface area (Å²) in [5.74, 6) is -0.876.